The first-order valence-electron chi connectivity index (χ1n) is 6.72. The second-order valence-electron chi connectivity index (χ2n) is 4.92. The first kappa shape index (κ1) is 13.7. The fourth-order valence-corrected chi connectivity index (χ4v) is 2.70. The normalized spacial score (nSPS) is 13.2. The summed E-state index contributed by atoms with van der Waals surface area (Å²) in [6.07, 6.45) is 2.09. The van der Waals surface area contributed by atoms with Crippen molar-refractivity contribution in [1.29, 1.82) is 0 Å². The molecule has 6 heteroatoms. The van der Waals surface area contributed by atoms with Gasteiger partial charge in [-0.05, 0) is 42.7 Å². The monoisotopic (exact) mass is 303 g/mol. The smallest absolute Gasteiger partial charge is 0.294 e. The molecule has 0 aliphatic carbocycles. The van der Waals surface area contributed by atoms with Crippen LogP contribution >= 0.6 is 11.6 Å². The molecule has 5 nitrogen and oxygen atoms in total. The van der Waals surface area contributed by atoms with Gasteiger partial charge in [0, 0.05) is 24.0 Å². The van der Waals surface area contributed by atoms with E-state index < -0.39 is 4.92 Å². The minimum atomic E-state index is -0.436. The topological polar surface area (TPSA) is 67.2 Å². The fraction of sp³-hybridized carbons (Fsp3) is 0.200. The highest BCUT2D eigenvalue weighted by Crippen LogP contribution is 2.35. The van der Waals surface area contributed by atoms with Crippen LogP contribution in [-0.4, -0.2) is 11.5 Å². The average Bonchev–Trinajstić information content (AvgIpc) is 2.49. The first-order valence-corrected chi connectivity index (χ1v) is 7.09. The third-order valence-electron chi connectivity index (χ3n) is 3.50. The van der Waals surface area contributed by atoms with Gasteiger partial charge in [-0.25, -0.2) is 0 Å². The van der Waals surface area contributed by atoms with Crippen LogP contribution in [0.25, 0.3) is 0 Å². The van der Waals surface area contributed by atoms with E-state index in [1.54, 1.807) is 12.1 Å². The van der Waals surface area contributed by atoms with Gasteiger partial charge in [0.1, 0.15) is 5.69 Å². The van der Waals surface area contributed by atoms with Crippen LogP contribution in [0.15, 0.2) is 36.4 Å². The third-order valence-corrected chi connectivity index (χ3v) is 3.82. The number of nitrogens with one attached hydrogen (secondary N) is 2. The number of fused-ring (bicyclic) bond motifs is 1. The van der Waals surface area contributed by atoms with Crippen LogP contribution in [0, 0.1) is 10.1 Å². The minimum Gasteiger partial charge on any atom is -0.385 e. The standard InChI is InChI=1S/C15H14ClN3O2/c16-12-4-1-5-14(19(20)21)15(12)18-11-6-7-13-10(9-11)3-2-8-17-13/h1,4-7,9,17-18H,2-3,8H2. The van der Waals surface area contributed by atoms with Gasteiger partial charge in [0.15, 0.2) is 0 Å². The Balaban J connectivity index is 1.95. The third kappa shape index (κ3) is 2.78. The zero-order valence-corrected chi connectivity index (χ0v) is 12.0. The zero-order chi connectivity index (χ0) is 14.8. The lowest BCUT2D eigenvalue weighted by Gasteiger charge is -2.19. The largest absolute Gasteiger partial charge is 0.385 e. The second-order valence-corrected chi connectivity index (χ2v) is 5.33. The molecule has 21 heavy (non-hydrogen) atoms. The lowest BCUT2D eigenvalue weighted by atomic mass is 10.0. The van der Waals surface area contributed by atoms with Crippen molar-refractivity contribution in [3.63, 3.8) is 0 Å². The van der Waals surface area contributed by atoms with Crippen LogP contribution in [-0.2, 0) is 6.42 Å². The second kappa shape index (κ2) is 5.61. The number of para-hydroxylation sites is 1. The van der Waals surface area contributed by atoms with Crippen molar-refractivity contribution >= 4 is 34.4 Å². The molecule has 2 N–H and O–H groups in total. The van der Waals surface area contributed by atoms with Gasteiger partial charge in [0.05, 0.1) is 9.95 Å². The van der Waals surface area contributed by atoms with Crippen molar-refractivity contribution in [3.05, 3.63) is 57.1 Å². The highest BCUT2D eigenvalue weighted by molar-refractivity contribution is 6.33. The van der Waals surface area contributed by atoms with E-state index in [2.05, 4.69) is 10.6 Å². The predicted octanol–water partition coefficient (Wildman–Crippen LogP) is 4.35. The van der Waals surface area contributed by atoms with Crippen LogP contribution in [0.1, 0.15) is 12.0 Å². The molecule has 2 aromatic carbocycles. The van der Waals surface area contributed by atoms with Crippen molar-refractivity contribution in [2.75, 3.05) is 17.2 Å². The minimum absolute atomic E-state index is 0.0293. The molecule has 1 heterocycles. The zero-order valence-electron chi connectivity index (χ0n) is 11.2. The number of anilines is 3. The molecule has 0 radical (unpaired) electrons. The van der Waals surface area contributed by atoms with Crippen molar-refractivity contribution in [2.24, 2.45) is 0 Å². The van der Waals surface area contributed by atoms with Crippen LogP contribution in [0.2, 0.25) is 5.02 Å². The summed E-state index contributed by atoms with van der Waals surface area (Å²) in [6, 6.07) is 10.5. The molecule has 0 saturated heterocycles. The summed E-state index contributed by atoms with van der Waals surface area (Å²) in [5.74, 6) is 0. The van der Waals surface area contributed by atoms with E-state index in [9.17, 15) is 10.1 Å². The van der Waals surface area contributed by atoms with Crippen LogP contribution in [0.4, 0.5) is 22.7 Å². The quantitative estimate of drug-likeness (QED) is 0.653. The Morgan fingerprint density at radius 2 is 2.14 bits per heavy atom. The van der Waals surface area contributed by atoms with E-state index in [0.29, 0.717) is 10.7 Å². The SMILES string of the molecule is O=[N+]([O-])c1cccc(Cl)c1Nc1ccc2c(c1)CCCN2. The Labute approximate surface area is 127 Å². The summed E-state index contributed by atoms with van der Waals surface area (Å²) in [7, 11) is 0. The molecule has 0 amide bonds. The highest BCUT2D eigenvalue weighted by atomic mass is 35.5. The molecule has 108 valence electrons. The maximum atomic E-state index is 11.1. The molecule has 0 unspecified atom stereocenters. The molecule has 2 aromatic rings. The van der Waals surface area contributed by atoms with E-state index in [0.717, 1.165) is 30.8 Å². The molecule has 0 atom stereocenters. The van der Waals surface area contributed by atoms with Gasteiger partial charge in [-0.1, -0.05) is 17.7 Å². The Hall–Kier alpha value is -2.27. The number of nitro groups is 1. The van der Waals surface area contributed by atoms with Crippen molar-refractivity contribution in [1.82, 2.24) is 0 Å². The Morgan fingerprint density at radius 3 is 2.95 bits per heavy atom. The number of benzene rings is 2. The molecular weight excluding hydrogens is 290 g/mol. The number of aryl methyl sites for hydroxylation is 1. The summed E-state index contributed by atoms with van der Waals surface area (Å²) >= 11 is 6.09. The maximum absolute atomic E-state index is 11.1. The summed E-state index contributed by atoms with van der Waals surface area (Å²) in [5.41, 5.74) is 3.43. The van der Waals surface area contributed by atoms with Gasteiger partial charge in [-0.3, -0.25) is 10.1 Å². The van der Waals surface area contributed by atoms with Gasteiger partial charge in [0.2, 0.25) is 0 Å². The van der Waals surface area contributed by atoms with E-state index in [-0.39, 0.29) is 5.69 Å². The Bertz CT molecular complexity index is 703. The molecule has 0 saturated carbocycles. The molecule has 0 spiro atoms. The van der Waals surface area contributed by atoms with Crippen LogP contribution in [0.3, 0.4) is 0 Å². The summed E-state index contributed by atoms with van der Waals surface area (Å²) in [6.45, 7) is 0.982. The molecule has 3 rings (SSSR count). The van der Waals surface area contributed by atoms with Crippen LogP contribution in [0.5, 0.6) is 0 Å². The molecule has 1 aliphatic heterocycles. The van der Waals surface area contributed by atoms with E-state index in [4.69, 9.17) is 11.6 Å². The number of hydrogen-bond donors (Lipinski definition) is 2. The molecule has 0 aromatic heterocycles. The maximum Gasteiger partial charge on any atom is 0.294 e. The van der Waals surface area contributed by atoms with Gasteiger partial charge < -0.3 is 10.6 Å². The summed E-state index contributed by atoms with van der Waals surface area (Å²) in [5, 5.41) is 17.8. The lowest BCUT2D eigenvalue weighted by molar-refractivity contribution is -0.383. The summed E-state index contributed by atoms with van der Waals surface area (Å²) < 4.78 is 0. The molecule has 0 fully saturated rings. The van der Waals surface area contributed by atoms with Gasteiger partial charge in [-0.2, -0.15) is 0 Å². The molecule has 1 aliphatic rings. The van der Waals surface area contributed by atoms with Crippen molar-refractivity contribution < 1.29 is 4.92 Å². The lowest BCUT2D eigenvalue weighted by Crippen LogP contribution is -2.11. The Morgan fingerprint density at radius 1 is 1.29 bits per heavy atom. The fourth-order valence-electron chi connectivity index (χ4n) is 2.49. The Kier molecular flexibility index (Phi) is 3.66. The van der Waals surface area contributed by atoms with Gasteiger partial charge >= 0.3 is 0 Å². The number of rotatable bonds is 3. The van der Waals surface area contributed by atoms with Crippen LogP contribution < -0.4 is 10.6 Å². The molecular formula is C15H14ClN3O2. The average molecular weight is 304 g/mol. The number of nitrogens with zero attached hydrogens (tertiary/aromatic N) is 1. The van der Waals surface area contributed by atoms with Crippen molar-refractivity contribution in [3.8, 4) is 0 Å². The number of nitro benzene ring substituents is 1. The first-order chi connectivity index (χ1) is 10.1. The number of hydrogen-bond acceptors (Lipinski definition) is 4. The van der Waals surface area contributed by atoms with E-state index in [1.165, 1.54) is 11.6 Å². The van der Waals surface area contributed by atoms with E-state index >= 15 is 0 Å². The van der Waals surface area contributed by atoms with E-state index in [1.807, 2.05) is 18.2 Å². The van der Waals surface area contributed by atoms with Gasteiger partial charge in [0.25, 0.3) is 5.69 Å². The predicted molar refractivity (Wildman–Crippen MR) is 84.6 cm³/mol. The molecule has 0 bridgehead atoms. The van der Waals surface area contributed by atoms with Gasteiger partial charge in [-0.15, -0.1) is 0 Å². The van der Waals surface area contributed by atoms with Crippen molar-refractivity contribution in [2.45, 2.75) is 12.8 Å². The number of halogens is 1. The highest BCUT2D eigenvalue weighted by Gasteiger charge is 2.17. The summed E-state index contributed by atoms with van der Waals surface area (Å²) in [4.78, 5) is 10.7.